The van der Waals surface area contributed by atoms with E-state index in [2.05, 4.69) is 19.2 Å². The smallest absolute Gasteiger partial charge is 0.336 e. The van der Waals surface area contributed by atoms with E-state index in [-0.39, 0.29) is 24.4 Å². The number of hydrogen-bond acceptors (Lipinski definition) is 7. The number of ether oxygens (including phenoxy) is 4. The number of allylic oxidation sites excluding steroid dienone is 3. The van der Waals surface area contributed by atoms with Crippen LogP contribution in [0, 0.1) is 5.41 Å². The van der Waals surface area contributed by atoms with Crippen molar-refractivity contribution >= 4 is 11.8 Å². The molecule has 1 unspecified atom stereocenters. The fraction of sp³-hybridized carbons (Fsp3) is 0.314. The number of Topliss-reactive ketones (excluding diaryl/α,β-unsaturated/α-hetero) is 1. The Morgan fingerprint density at radius 1 is 0.905 bits per heavy atom. The van der Waals surface area contributed by atoms with Crippen LogP contribution in [-0.2, 0) is 20.9 Å². The summed E-state index contributed by atoms with van der Waals surface area (Å²) in [6.07, 6.45) is 1.09. The first-order valence-corrected chi connectivity index (χ1v) is 14.2. The van der Waals surface area contributed by atoms with Gasteiger partial charge in [0.1, 0.15) is 25.6 Å². The Balaban J connectivity index is 1.43. The number of benzene rings is 3. The second kappa shape index (κ2) is 12.6. The molecule has 218 valence electrons. The minimum atomic E-state index is -0.607. The number of esters is 1. The van der Waals surface area contributed by atoms with E-state index >= 15 is 0 Å². The molecule has 1 atom stereocenters. The van der Waals surface area contributed by atoms with E-state index in [4.69, 9.17) is 18.9 Å². The lowest BCUT2D eigenvalue weighted by Crippen LogP contribution is -2.38. The van der Waals surface area contributed by atoms with Crippen molar-refractivity contribution in [1.82, 2.24) is 5.32 Å². The first-order valence-electron chi connectivity index (χ1n) is 14.2. The molecule has 2 aliphatic rings. The molecule has 7 heteroatoms. The molecule has 42 heavy (non-hydrogen) atoms. The molecule has 7 nitrogen and oxygen atoms in total. The van der Waals surface area contributed by atoms with Gasteiger partial charge in [0.05, 0.1) is 12.7 Å². The van der Waals surface area contributed by atoms with Crippen LogP contribution in [0.15, 0.2) is 101 Å². The third kappa shape index (κ3) is 6.51. The van der Waals surface area contributed by atoms with E-state index in [1.807, 2.05) is 85.8 Å². The highest BCUT2D eigenvalue weighted by atomic mass is 16.6. The van der Waals surface area contributed by atoms with Gasteiger partial charge in [-0.2, -0.15) is 0 Å². The lowest BCUT2D eigenvalue weighted by atomic mass is 9.68. The number of carbonyl (C=O) groups is 2. The third-order valence-corrected chi connectivity index (χ3v) is 7.55. The number of nitrogens with one attached hydrogen (secondary N) is 1. The maximum Gasteiger partial charge on any atom is 0.336 e. The van der Waals surface area contributed by atoms with E-state index in [9.17, 15) is 9.59 Å². The predicted octanol–water partition coefficient (Wildman–Crippen LogP) is 6.50. The molecule has 0 fully saturated rings. The fourth-order valence-electron chi connectivity index (χ4n) is 5.65. The zero-order chi connectivity index (χ0) is 29.7. The van der Waals surface area contributed by atoms with Gasteiger partial charge in [0.2, 0.25) is 0 Å². The fourth-order valence-corrected chi connectivity index (χ4v) is 5.65. The van der Waals surface area contributed by atoms with E-state index in [0.717, 1.165) is 16.8 Å². The van der Waals surface area contributed by atoms with E-state index in [1.165, 1.54) is 0 Å². The highest BCUT2D eigenvalue weighted by Gasteiger charge is 2.43. The van der Waals surface area contributed by atoms with Crippen LogP contribution in [0.25, 0.3) is 0 Å². The zero-order valence-corrected chi connectivity index (χ0v) is 24.6. The molecule has 1 heterocycles. The molecule has 0 amide bonds. The third-order valence-electron chi connectivity index (χ3n) is 7.55. The molecule has 1 N–H and O–H groups in total. The minimum absolute atomic E-state index is 0.0207. The monoisotopic (exact) mass is 567 g/mol. The Bertz CT molecular complexity index is 1510. The van der Waals surface area contributed by atoms with Gasteiger partial charge in [-0.05, 0) is 54.2 Å². The lowest BCUT2D eigenvalue weighted by molar-refractivity contribution is -0.140. The van der Waals surface area contributed by atoms with Crippen molar-refractivity contribution in [3.8, 4) is 17.2 Å². The van der Waals surface area contributed by atoms with Gasteiger partial charge in [0.15, 0.2) is 17.3 Å². The summed E-state index contributed by atoms with van der Waals surface area (Å²) in [6, 6.07) is 24.8. The van der Waals surface area contributed by atoms with Gasteiger partial charge in [-0.25, -0.2) is 4.79 Å². The number of methoxy groups -OCH3 is 1. The highest BCUT2D eigenvalue weighted by Crippen LogP contribution is 2.48. The number of carbonyl (C=O) groups excluding carboxylic acids is 2. The molecule has 0 saturated carbocycles. The highest BCUT2D eigenvalue weighted by molar-refractivity contribution is 6.04. The largest absolute Gasteiger partial charge is 0.493 e. The van der Waals surface area contributed by atoms with Crippen LogP contribution in [0.1, 0.15) is 50.7 Å². The molecule has 1 aliphatic carbocycles. The quantitative estimate of drug-likeness (QED) is 0.221. The molecule has 1 aliphatic heterocycles. The van der Waals surface area contributed by atoms with Crippen LogP contribution in [0.2, 0.25) is 0 Å². The van der Waals surface area contributed by atoms with E-state index in [1.54, 1.807) is 7.11 Å². The Kier molecular flexibility index (Phi) is 8.67. The van der Waals surface area contributed by atoms with Crippen molar-refractivity contribution in [1.29, 1.82) is 0 Å². The Hall–Kier alpha value is -4.52. The van der Waals surface area contributed by atoms with Gasteiger partial charge in [0.25, 0.3) is 0 Å². The zero-order valence-electron chi connectivity index (χ0n) is 24.6. The van der Waals surface area contributed by atoms with Crippen LogP contribution in [0.4, 0.5) is 0 Å². The maximum absolute atomic E-state index is 13.7. The molecule has 5 rings (SSSR count). The summed E-state index contributed by atoms with van der Waals surface area (Å²) in [6.45, 7) is 6.69. The van der Waals surface area contributed by atoms with Gasteiger partial charge in [-0.3, -0.25) is 4.79 Å². The average Bonchev–Trinajstić information content (AvgIpc) is 2.97. The van der Waals surface area contributed by atoms with E-state index in [0.29, 0.717) is 53.5 Å². The summed E-state index contributed by atoms with van der Waals surface area (Å²) < 4.78 is 23.2. The summed E-state index contributed by atoms with van der Waals surface area (Å²) in [7, 11) is 1.58. The molecule has 0 saturated heterocycles. The second-order valence-electron chi connectivity index (χ2n) is 11.4. The normalized spacial score (nSPS) is 17.7. The standard InChI is InChI=1S/C35H37NO6/c1-23-31(34(38)41-18-17-40-26-13-9-6-10-14-26)32(33-27(36-23)20-35(2,3)21-28(33)37)25-15-16-29(30(19-25)39-4)42-22-24-11-7-5-8-12-24/h5-16,19,32,36H,17-18,20-22H2,1-4H3. The average molecular weight is 568 g/mol. The van der Waals surface area contributed by atoms with Crippen molar-refractivity contribution in [3.05, 3.63) is 113 Å². The van der Waals surface area contributed by atoms with E-state index < -0.39 is 11.9 Å². The minimum Gasteiger partial charge on any atom is -0.493 e. The van der Waals surface area contributed by atoms with Crippen molar-refractivity contribution in [2.45, 2.75) is 46.1 Å². The molecule has 0 radical (unpaired) electrons. The van der Waals surface area contributed by atoms with Crippen LogP contribution in [0.5, 0.6) is 17.2 Å². The van der Waals surface area contributed by atoms with Gasteiger partial charge in [-0.15, -0.1) is 0 Å². The number of ketones is 1. The van der Waals surface area contributed by atoms with Crippen molar-refractivity contribution < 1.29 is 28.5 Å². The predicted molar refractivity (Wildman–Crippen MR) is 160 cm³/mol. The lowest BCUT2D eigenvalue weighted by Gasteiger charge is -2.39. The molecule has 0 aromatic heterocycles. The molecule has 0 spiro atoms. The first-order chi connectivity index (χ1) is 20.3. The number of dihydropyridines is 1. The van der Waals surface area contributed by atoms with Gasteiger partial charge in [0, 0.05) is 29.3 Å². The Morgan fingerprint density at radius 2 is 1.62 bits per heavy atom. The van der Waals surface area contributed by atoms with Crippen molar-refractivity contribution in [2.75, 3.05) is 20.3 Å². The van der Waals surface area contributed by atoms with Crippen molar-refractivity contribution in [2.24, 2.45) is 5.41 Å². The van der Waals surface area contributed by atoms with Gasteiger partial charge < -0.3 is 24.3 Å². The number of hydrogen-bond donors (Lipinski definition) is 1. The SMILES string of the molecule is COc1cc(C2C(C(=O)OCCOc3ccccc3)=C(C)NC3=C2C(=O)CC(C)(C)C3)ccc1OCc1ccccc1. The second-order valence-corrected chi connectivity index (χ2v) is 11.4. The molecule has 0 bridgehead atoms. The van der Waals surface area contributed by atoms with Crippen LogP contribution in [-0.4, -0.2) is 32.1 Å². The molecule has 3 aromatic carbocycles. The summed E-state index contributed by atoms with van der Waals surface area (Å²) >= 11 is 0. The topological polar surface area (TPSA) is 83.1 Å². The van der Waals surface area contributed by atoms with Crippen LogP contribution in [0.3, 0.4) is 0 Å². The van der Waals surface area contributed by atoms with Crippen LogP contribution >= 0.6 is 0 Å². The van der Waals surface area contributed by atoms with Gasteiger partial charge in [-0.1, -0.05) is 68.4 Å². The van der Waals surface area contributed by atoms with Gasteiger partial charge >= 0.3 is 5.97 Å². The maximum atomic E-state index is 13.7. The molecular formula is C35H37NO6. The summed E-state index contributed by atoms with van der Waals surface area (Å²) in [5.74, 6) is 0.723. The molecular weight excluding hydrogens is 530 g/mol. The Labute approximate surface area is 247 Å². The Morgan fingerprint density at radius 3 is 2.33 bits per heavy atom. The summed E-state index contributed by atoms with van der Waals surface area (Å²) in [4.78, 5) is 27.3. The van der Waals surface area contributed by atoms with Crippen LogP contribution < -0.4 is 19.5 Å². The number of para-hydroxylation sites is 1. The van der Waals surface area contributed by atoms with Crippen molar-refractivity contribution in [3.63, 3.8) is 0 Å². The summed E-state index contributed by atoms with van der Waals surface area (Å²) in [5.41, 5.74) is 4.13. The first kappa shape index (κ1) is 29.0. The summed E-state index contributed by atoms with van der Waals surface area (Å²) in [5, 5.41) is 3.38. The molecule has 3 aromatic rings. The number of rotatable bonds is 10.